The first-order chi connectivity index (χ1) is 12.4. The largest absolute Gasteiger partial charge is 0.465 e. The molecule has 0 aromatic carbocycles. The molecule has 26 heavy (non-hydrogen) atoms. The number of nitrogens with zero attached hydrogens (tertiary/aromatic N) is 2. The molecule has 1 saturated heterocycles. The van der Waals surface area contributed by atoms with Gasteiger partial charge >= 0.3 is 12.0 Å². The van der Waals surface area contributed by atoms with E-state index < -0.39 is 5.97 Å². The lowest BCUT2D eigenvalue weighted by molar-refractivity contribution is -0.121. The minimum Gasteiger partial charge on any atom is -0.465 e. The van der Waals surface area contributed by atoms with Crippen LogP contribution in [0, 0.1) is 5.92 Å². The predicted molar refractivity (Wildman–Crippen MR) is 99.6 cm³/mol. The van der Waals surface area contributed by atoms with E-state index in [1.807, 2.05) is 6.07 Å². The number of nitrogens with one attached hydrogen (secondary N) is 1. The second-order valence-corrected chi connectivity index (χ2v) is 8.17. The smallest absolute Gasteiger partial charge is 0.340 e. The third kappa shape index (κ3) is 4.00. The van der Waals surface area contributed by atoms with E-state index >= 15 is 0 Å². The average molecular weight is 379 g/mol. The maximum absolute atomic E-state index is 12.7. The Morgan fingerprint density at radius 3 is 2.38 bits per heavy atom. The lowest BCUT2D eigenvalue weighted by Crippen LogP contribution is -2.45. The first-order valence-electron chi connectivity index (χ1n) is 8.89. The zero-order valence-electron chi connectivity index (χ0n) is 15.4. The van der Waals surface area contributed by atoms with E-state index in [-0.39, 0.29) is 17.9 Å². The Balaban J connectivity index is 1.63. The first kappa shape index (κ1) is 18.7. The number of likely N-dealkylation sites (tertiary alicyclic amines) is 1. The number of carbonyl (C=O) groups is 3. The van der Waals surface area contributed by atoms with Crippen LogP contribution < -0.4 is 5.32 Å². The van der Waals surface area contributed by atoms with E-state index in [2.05, 4.69) is 5.32 Å². The summed E-state index contributed by atoms with van der Waals surface area (Å²) >= 11 is 1.47. The van der Waals surface area contributed by atoms with Crippen molar-refractivity contribution < 1.29 is 19.1 Å². The number of ether oxygens (including phenoxy) is 1. The van der Waals surface area contributed by atoms with Crippen molar-refractivity contribution in [3.8, 4) is 0 Å². The third-order valence-corrected chi connectivity index (χ3v) is 6.10. The number of anilines is 1. The Kier molecular flexibility index (Phi) is 5.50. The van der Waals surface area contributed by atoms with Crippen LogP contribution in [0.2, 0.25) is 0 Å². The van der Waals surface area contributed by atoms with Crippen LogP contribution >= 0.6 is 11.3 Å². The molecule has 142 valence electrons. The Hall–Kier alpha value is -2.09. The van der Waals surface area contributed by atoms with Crippen molar-refractivity contribution in [1.29, 1.82) is 0 Å². The molecule has 7 nitrogen and oxygen atoms in total. The summed E-state index contributed by atoms with van der Waals surface area (Å²) in [5, 5.41) is 3.51. The van der Waals surface area contributed by atoms with Crippen molar-refractivity contribution in [2.24, 2.45) is 5.92 Å². The number of esters is 1. The molecular formula is C18H25N3O4S. The standard InChI is InChI=1S/C18H25N3O4S/c1-20(2)18(24)21-8-6-12(7-9-21)15(22)19-16-13(17(23)25-3)10-14(26-16)11-4-5-11/h10-12H,4-9H2,1-3H3,(H,19,22). The number of thiophene rings is 1. The van der Waals surface area contributed by atoms with Gasteiger partial charge in [-0.25, -0.2) is 9.59 Å². The van der Waals surface area contributed by atoms with Gasteiger partial charge in [0.25, 0.3) is 0 Å². The van der Waals surface area contributed by atoms with Crippen LogP contribution in [0.15, 0.2) is 6.07 Å². The van der Waals surface area contributed by atoms with E-state index in [0.29, 0.717) is 42.4 Å². The zero-order valence-corrected chi connectivity index (χ0v) is 16.2. The van der Waals surface area contributed by atoms with Gasteiger partial charge in [-0.05, 0) is 37.7 Å². The monoisotopic (exact) mass is 379 g/mol. The van der Waals surface area contributed by atoms with Crippen LogP contribution in [0.3, 0.4) is 0 Å². The highest BCUT2D eigenvalue weighted by atomic mass is 32.1. The Bertz CT molecular complexity index is 703. The molecule has 8 heteroatoms. The van der Waals surface area contributed by atoms with Gasteiger partial charge in [-0.15, -0.1) is 11.3 Å². The summed E-state index contributed by atoms with van der Waals surface area (Å²) in [5.41, 5.74) is 0.438. The molecule has 1 aromatic rings. The van der Waals surface area contributed by atoms with Gasteiger partial charge in [0.2, 0.25) is 5.91 Å². The van der Waals surface area contributed by atoms with Crippen molar-refractivity contribution >= 4 is 34.2 Å². The van der Waals surface area contributed by atoms with Gasteiger partial charge in [0.15, 0.2) is 0 Å². The molecule has 0 spiro atoms. The summed E-state index contributed by atoms with van der Waals surface area (Å²) in [6.45, 7) is 1.13. The first-order valence-corrected chi connectivity index (χ1v) is 9.71. The Morgan fingerprint density at radius 2 is 1.85 bits per heavy atom. The fourth-order valence-electron chi connectivity index (χ4n) is 3.16. The van der Waals surface area contributed by atoms with Gasteiger partial charge in [0.1, 0.15) is 5.00 Å². The number of amides is 3. The molecular weight excluding hydrogens is 354 g/mol. The van der Waals surface area contributed by atoms with Crippen molar-refractivity contribution in [2.45, 2.75) is 31.6 Å². The van der Waals surface area contributed by atoms with Crippen LogP contribution in [-0.2, 0) is 9.53 Å². The molecule has 0 atom stereocenters. The van der Waals surface area contributed by atoms with Crippen molar-refractivity contribution in [3.63, 3.8) is 0 Å². The Morgan fingerprint density at radius 1 is 1.19 bits per heavy atom. The molecule has 3 amide bonds. The predicted octanol–water partition coefficient (Wildman–Crippen LogP) is 2.74. The summed E-state index contributed by atoms with van der Waals surface area (Å²) in [7, 11) is 4.80. The lowest BCUT2D eigenvalue weighted by atomic mass is 9.96. The molecule has 0 bridgehead atoms. The number of carbonyl (C=O) groups excluding carboxylic acids is 3. The molecule has 0 radical (unpaired) electrons. The van der Waals surface area contributed by atoms with Crippen molar-refractivity contribution in [2.75, 3.05) is 39.6 Å². The number of hydrogen-bond donors (Lipinski definition) is 1. The molecule has 2 fully saturated rings. The van der Waals surface area contributed by atoms with Gasteiger partial charge in [-0.3, -0.25) is 4.79 Å². The number of piperidine rings is 1. The van der Waals surface area contributed by atoms with Crippen molar-refractivity contribution in [3.05, 3.63) is 16.5 Å². The Labute approximate surface area is 157 Å². The van der Waals surface area contributed by atoms with Gasteiger partial charge in [0, 0.05) is 38.0 Å². The summed E-state index contributed by atoms with van der Waals surface area (Å²) in [4.78, 5) is 41.1. The fraction of sp³-hybridized carbons (Fsp3) is 0.611. The van der Waals surface area contributed by atoms with Gasteiger partial charge < -0.3 is 19.9 Å². The number of hydrogen-bond acceptors (Lipinski definition) is 5. The molecule has 0 unspecified atom stereocenters. The number of rotatable bonds is 4. The van der Waals surface area contributed by atoms with Crippen molar-refractivity contribution in [1.82, 2.24) is 9.80 Å². The quantitative estimate of drug-likeness (QED) is 0.816. The van der Waals surface area contributed by atoms with Crippen LogP contribution in [0.25, 0.3) is 0 Å². The molecule has 3 rings (SSSR count). The van der Waals surface area contributed by atoms with Crippen LogP contribution in [0.4, 0.5) is 9.80 Å². The van der Waals surface area contributed by atoms with E-state index in [4.69, 9.17) is 4.74 Å². The molecule has 2 aliphatic rings. The summed E-state index contributed by atoms with van der Waals surface area (Å²) in [6, 6.07) is 1.83. The van der Waals surface area contributed by atoms with Crippen LogP contribution in [0.1, 0.15) is 46.8 Å². The van der Waals surface area contributed by atoms with E-state index in [0.717, 1.165) is 17.7 Å². The topological polar surface area (TPSA) is 79.0 Å². The molecule has 1 N–H and O–H groups in total. The van der Waals surface area contributed by atoms with E-state index in [1.54, 1.807) is 23.9 Å². The second kappa shape index (κ2) is 7.65. The fourth-order valence-corrected chi connectivity index (χ4v) is 4.38. The third-order valence-electron chi connectivity index (χ3n) is 4.89. The average Bonchev–Trinajstić information content (AvgIpc) is 3.41. The lowest BCUT2D eigenvalue weighted by Gasteiger charge is -2.33. The highest BCUT2D eigenvalue weighted by Crippen LogP contribution is 2.46. The number of urea groups is 1. The normalized spacial score (nSPS) is 17.7. The van der Waals surface area contributed by atoms with E-state index in [1.165, 1.54) is 18.4 Å². The van der Waals surface area contributed by atoms with Gasteiger partial charge in [-0.1, -0.05) is 0 Å². The molecule has 1 aliphatic heterocycles. The summed E-state index contributed by atoms with van der Waals surface area (Å²) < 4.78 is 4.85. The maximum atomic E-state index is 12.7. The van der Waals surface area contributed by atoms with Gasteiger partial charge in [-0.2, -0.15) is 0 Å². The van der Waals surface area contributed by atoms with Gasteiger partial charge in [0.05, 0.1) is 12.7 Å². The van der Waals surface area contributed by atoms with Crippen LogP contribution in [0.5, 0.6) is 0 Å². The number of methoxy groups -OCH3 is 1. The minimum atomic E-state index is -0.421. The summed E-state index contributed by atoms with van der Waals surface area (Å²) in [5.74, 6) is -0.154. The zero-order chi connectivity index (χ0) is 18.8. The summed E-state index contributed by atoms with van der Waals surface area (Å²) in [6.07, 6.45) is 3.51. The molecule has 1 aliphatic carbocycles. The van der Waals surface area contributed by atoms with Crippen LogP contribution in [-0.4, -0.2) is 62.0 Å². The van der Waals surface area contributed by atoms with E-state index in [9.17, 15) is 14.4 Å². The molecule has 1 aromatic heterocycles. The molecule has 1 saturated carbocycles. The second-order valence-electron chi connectivity index (χ2n) is 7.08. The maximum Gasteiger partial charge on any atom is 0.340 e. The highest BCUT2D eigenvalue weighted by molar-refractivity contribution is 7.16. The highest BCUT2D eigenvalue weighted by Gasteiger charge is 2.31. The SMILES string of the molecule is COC(=O)c1cc(C2CC2)sc1NC(=O)C1CCN(C(=O)N(C)C)CC1. The minimum absolute atomic E-state index is 0.0239. The molecule has 2 heterocycles.